The number of aryl methyl sites for hydroxylation is 1. The Hall–Kier alpha value is -3.67. The molecule has 11 heteroatoms. The predicted molar refractivity (Wildman–Crippen MR) is 216 cm³/mol. The number of hydrogen-bond donors (Lipinski definition) is 3. The summed E-state index contributed by atoms with van der Waals surface area (Å²) in [5.74, 6) is 1.19. The maximum Gasteiger partial charge on any atom is 0.326 e. The predicted octanol–water partition coefficient (Wildman–Crippen LogP) is 9.77. The second kappa shape index (κ2) is 18.4. The number of carboxylic acid groups (broad SMARTS) is 1. The van der Waals surface area contributed by atoms with Crippen molar-refractivity contribution < 1.29 is 19.5 Å². The summed E-state index contributed by atoms with van der Waals surface area (Å²) < 4.78 is 2.58. The fourth-order valence-corrected chi connectivity index (χ4v) is 8.44. The van der Waals surface area contributed by atoms with E-state index in [4.69, 9.17) is 0 Å². The van der Waals surface area contributed by atoms with Gasteiger partial charge in [0.25, 0.3) is 5.91 Å². The summed E-state index contributed by atoms with van der Waals surface area (Å²) in [7, 11) is 1.02. The molecule has 1 aliphatic carbocycles. The van der Waals surface area contributed by atoms with Crippen LogP contribution in [0.5, 0.6) is 0 Å². The van der Waals surface area contributed by atoms with Crippen molar-refractivity contribution in [3.63, 3.8) is 0 Å². The lowest BCUT2D eigenvalue weighted by Gasteiger charge is -2.28. The lowest BCUT2D eigenvalue weighted by molar-refractivity contribution is -0.148. The van der Waals surface area contributed by atoms with Crippen LogP contribution >= 0.6 is 34.0 Å². The highest BCUT2D eigenvalue weighted by Crippen LogP contribution is 2.37. The van der Waals surface area contributed by atoms with Gasteiger partial charge in [-0.25, -0.2) is 14.8 Å². The molecule has 1 aliphatic heterocycles. The molecule has 6 rings (SSSR count). The number of likely N-dealkylation sites (tertiary alicyclic amines) is 1. The molecule has 0 radical (unpaired) electrons. The Kier molecular flexibility index (Phi) is 14.0. The van der Waals surface area contributed by atoms with Gasteiger partial charge in [-0.15, -0.1) is 11.3 Å². The number of amides is 2. The summed E-state index contributed by atoms with van der Waals surface area (Å²) >= 11 is 5.39. The van der Waals surface area contributed by atoms with Crippen LogP contribution in [0.4, 0.5) is 0 Å². The first-order valence-corrected chi connectivity index (χ1v) is 20.9. The van der Waals surface area contributed by atoms with Gasteiger partial charge in [-0.2, -0.15) is 0 Å². The third-order valence-electron chi connectivity index (χ3n) is 10.2. The van der Waals surface area contributed by atoms with Crippen LogP contribution < -0.4 is 4.72 Å². The van der Waals surface area contributed by atoms with Gasteiger partial charge in [0.1, 0.15) is 6.04 Å². The van der Waals surface area contributed by atoms with Crippen molar-refractivity contribution in [2.45, 2.75) is 103 Å². The normalized spacial score (nSPS) is 18.7. The topological polar surface area (TPSA) is 112 Å². The Balaban J connectivity index is 0.000000314. The van der Waals surface area contributed by atoms with Crippen molar-refractivity contribution in [1.82, 2.24) is 19.6 Å². The maximum atomic E-state index is 12.5. The van der Waals surface area contributed by atoms with Crippen molar-refractivity contribution in [2.75, 3.05) is 6.54 Å². The summed E-state index contributed by atoms with van der Waals surface area (Å²) in [5, 5.41) is 9.31. The van der Waals surface area contributed by atoms with Crippen LogP contribution in [-0.4, -0.2) is 50.3 Å². The minimum Gasteiger partial charge on any atom is -0.480 e. The lowest BCUT2D eigenvalue weighted by Crippen LogP contribution is -2.40. The summed E-state index contributed by atoms with van der Waals surface area (Å²) in [4.78, 5) is 48.0. The third kappa shape index (κ3) is 10.5. The zero-order valence-electron chi connectivity index (χ0n) is 30.5. The quantitative estimate of drug-likeness (QED) is 0.0839. The van der Waals surface area contributed by atoms with Gasteiger partial charge in [-0.1, -0.05) is 94.3 Å². The molecule has 52 heavy (non-hydrogen) atoms. The molecule has 1 saturated heterocycles. The number of thiol groups is 1. The van der Waals surface area contributed by atoms with E-state index in [1.54, 1.807) is 0 Å². The van der Waals surface area contributed by atoms with E-state index in [-0.39, 0.29) is 17.2 Å². The molecule has 3 heterocycles. The summed E-state index contributed by atoms with van der Waals surface area (Å²) in [6.45, 7) is 9.24. The number of aromatic nitrogens is 2. The van der Waals surface area contributed by atoms with E-state index in [2.05, 4.69) is 78.3 Å². The van der Waals surface area contributed by atoms with Crippen molar-refractivity contribution in [2.24, 2.45) is 5.92 Å². The van der Waals surface area contributed by atoms with Gasteiger partial charge in [0.05, 0.1) is 4.88 Å². The van der Waals surface area contributed by atoms with Crippen molar-refractivity contribution in [1.29, 1.82) is 0 Å². The van der Waals surface area contributed by atoms with E-state index >= 15 is 0 Å². The van der Waals surface area contributed by atoms with Crippen molar-refractivity contribution in [3.8, 4) is 22.5 Å². The van der Waals surface area contributed by atoms with Crippen LogP contribution in [0.25, 0.3) is 22.5 Å². The van der Waals surface area contributed by atoms with Gasteiger partial charge in [0, 0.05) is 52.3 Å². The van der Waals surface area contributed by atoms with E-state index in [9.17, 15) is 19.5 Å². The fraction of sp³-hybridized carbons (Fsp3) is 0.439. The van der Waals surface area contributed by atoms with E-state index < -0.39 is 12.0 Å². The highest BCUT2D eigenvalue weighted by molar-refractivity contribution is 8.68. The number of aliphatic carboxylic acids is 1. The summed E-state index contributed by atoms with van der Waals surface area (Å²) in [5.41, 5.74) is 5.66. The highest BCUT2D eigenvalue weighted by atomic mass is 33.1. The Morgan fingerprint density at radius 2 is 1.56 bits per heavy atom. The molecule has 276 valence electrons. The van der Waals surface area contributed by atoms with Crippen LogP contribution in [0, 0.1) is 5.92 Å². The number of benzene rings is 2. The van der Waals surface area contributed by atoms with Gasteiger partial charge in [0.2, 0.25) is 5.91 Å². The van der Waals surface area contributed by atoms with Gasteiger partial charge in [-0.05, 0) is 91.0 Å². The first-order valence-electron chi connectivity index (χ1n) is 18.2. The van der Waals surface area contributed by atoms with Crippen LogP contribution in [0.2, 0.25) is 0 Å². The van der Waals surface area contributed by atoms with Gasteiger partial charge < -0.3 is 10.0 Å². The SMILES string of the molecule is CC(C)(C)c1ccc(C(=O)NSS)s1.CCC1CCC(c2ccc(-c3cnc(-c4ccc(CCC(=O)N5CCCC5C(=O)O)cc4)nc3)cc2)CC1. The average molecular weight is 759 g/mol. The first kappa shape index (κ1) is 39.5. The molecule has 4 aromatic rings. The fourth-order valence-electron chi connectivity index (χ4n) is 6.97. The molecule has 8 nitrogen and oxygen atoms in total. The maximum absolute atomic E-state index is 12.5. The van der Waals surface area contributed by atoms with Crippen LogP contribution in [0.3, 0.4) is 0 Å². The van der Waals surface area contributed by atoms with E-state index in [0.29, 0.717) is 37.5 Å². The van der Waals surface area contributed by atoms with Crippen LogP contribution in [-0.2, 0) is 21.4 Å². The number of nitrogens with zero attached hydrogens (tertiary/aromatic N) is 3. The van der Waals surface area contributed by atoms with E-state index in [1.807, 2.05) is 48.8 Å². The van der Waals surface area contributed by atoms with E-state index in [1.165, 1.54) is 58.8 Å². The number of nitrogens with one attached hydrogen (secondary N) is 1. The molecular formula is C41H50N4O4S3. The Morgan fingerprint density at radius 1 is 0.904 bits per heavy atom. The van der Waals surface area contributed by atoms with Gasteiger partial charge in [0.15, 0.2) is 5.82 Å². The summed E-state index contributed by atoms with van der Waals surface area (Å²) in [6, 6.07) is 20.1. The number of carboxylic acids is 1. The summed E-state index contributed by atoms with van der Waals surface area (Å²) in [6.07, 6.45) is 12.6. The minimum atomic E-state index is -0.909. The number of rotatable bonds is 10. The molecule has 2 aliphatic rings. The zero-order chi connectivity index (χ0) is 37.3. The lowest BCUT2D eigenvalue weighted by atomic mass is 9.78. The average Bonchev–Trinajstić information content (AvgIpc) is 3.87. The highest BCUT2D eigenvalue weighted by Gasteiger charge is 2.33. The standard InChI is InChI=1S/C32H37N3O3.C9H13NOS3/c1-2-22-5-10-24(11-6-22)25-14-16-26(17-15-25)28-20-33-31(34-21-28)27-12-7-23(8-13-27)9-18-30(36)35-19-3-4-29(35)32(37)38;1-9(2,3)7-5-4-6(13-7)8(11)10-14-12/h7-8,12-17,20-22,24,29H,2-6,9-11,18-19H2,1H3,(H,37,38);4-5,12H,1-3H3,(H,10,11). The molecule has 2 N–H and O–H groups in total. The molecule has 1 atom stereocenters. The largest absolute Gasteiger partial charge is 0.480 e. The number of carbonyl (C=O) groups excluding carboxylic acids is 2. The molecule has 2 aromatic heterocycles. The Labute approximate surface area is 321 Å². The number of hydrogen-bond acceptors (Lipinski definition) is 8. The molecular weight excluding hydrogens is 709 g/mol. The second-order valence-corrected chi connectivity index (χ2v) is 16.8. The molecule has 1 saturated carbocycles. The molecule has 0 spiro atoms. The molecule has 2 aromatic carbocycles. The molecule has 2 fully saturated rings. The molecule has 0 bridgehead atoms. The molecule has 1 unspecified atom stereocenters. The van der Waals surface area contributed by atoms with Crippen molar-refractivity contribution >= 4 is 51.8 Å². The monoisotopic (exact) mass is 758 g/mol. The van der Waals surface area contributed by atoms with Crippen LogP contribution in [0.15, 0.2) is 73.1 Å². The Bertz CT molecular complexity index is 1780. The zero-order valence-corrected chi connectivity index (χ0v) is 33.0. The smallest absolute Gasteiger partial charge is 0.326 e. The third-order valence-corrected chi connectivity index (χ3v) is 12.3. The van der Waals surface area contributed by atoms with Gasteiger partial charge in [-0.3, -0.25) is 14.3 Å². The van der Waals surface area contributed by atoms with Crippen LogP contribution in [0.1, 0.15) is 111 Å². The number of thiophene rings is 1. The minimum absolute atomic E-state index is 0.0782. The van der Waals surface area contributed by atoms with Crippen molar-refractivity contribution in [3.05, 3.63) is 93.9 Å². The Morgan fingerprint density at radius 3 is 2.13 bits per heavy atom. The number of carbonyl (C=O) groups is 3. The molecule has 2 amide bonds. The first-order chi connectivity index (χ1) is 25.0. The van der Waals surface area contributed by atoms with E-state index in [0.717, 1.165) is 50.4 Å². The second-order valence-electron chi connectivity index (χ2n) is 14.8. The van der Waals surface area contributed by atoms with Gasteiger partial charge >= 0.3 is 5.97 Å².